The summed E-state index contributed by atoms with van der Waals surface area (Å²) in [6.07, 6.45) is 1.70. The molecule has 34 heavy (non-hydrogen) atoms. The van der Waals surface area contributed by atoms with E-state index in [1.807, 2.05) is 24.3 Å². The molecule has 2 aliphatic heterocycles. The smallest absolute Gasteiger partial charge is 0.338 e. The SMILES string of the molecule is CCOC(=O)C1=C(C)N=c2s/c(=C/c3cc4c(cc3Cl)OCO4)c(=O)n2[C@@H]1c1ccc(Br)cc1. The van der Waals surface area contributed by atoms with Crippen LogP contribution < -0.4 is 24.4 Å². The highest BCUT2D eigenvalue weighted by molar-refractivity contribution is 9.10. The van der Waals surface area contributed by atoms with Crippen LogP contribution in [0.2, 0.25) is 5.02 Å². The molecule has 10 heteroatoms. The molecule has 0 spiro atoms. The van der Waals surface area contributed by atoms with Crippen molar-refractivity contribution in [3.05, 3.63) is 88.0 Å². The van der Waals surface area contributed by atoms with Crippen LogP contribution in [0.3, 0.4) is 0 Å². The van der Waals surface area contributed by atoms with E-state index in [0.717, 1.165) is 10.0 Å². The van der Waals surface area contributed by atoms with Gasteiger partial charge in [-0.15, -0.1) is 0 Å². The Bertz CT molecular complexity index is 1520. The van der Waals surface area contributed by atoms with E-state index in [1.165, 1.54) is 11.3 Å². The van der Waals surface area contributed by atoms with Crippen LogP contribution in [0.25, 0.3) is 6.08 Å². The Hall–Kier alpha value is -2.88. The zero-order valence-electron chi connectivity index (χ0n) is 18.1. The molecule has 2 aliphatic rings. The van der Waals surface area contributed by atoms with Gasteiger partial charge in [0.2, 0.25) is 6.79 Å². The number of ether oxygens (including phenoxy) is 3. The molecule has 2 aromatic carbocycles. The monoisotopic (exact) mass is 560 g/mol. The lowest BCUT2D eigenvalue weighted by Gasteiger charge is -2.24. The number of esters is 1. The third-order valence-electron chi connectivity index (χ3n) is 5.48. The fourth-order valence-electron chi connectivity index (χ4n) is 3.94. The molecule has 0 saturated heterocycles. The molecule has 0 fully saturated rings. The minimum atomic E-state index is -0.669. The lowest BCUT2D eigenvalue weighted by Crippen LogP contribution is -2.39. The number of fused-ring (bicyclic) bond motifs is 2. The van der Waals surface area contributed by atoms with E-state index in [9.17, 15) is 9.59 Å². The van der Waals surface area contributed by atoms with Crippen LogP contribution in [0.4, 0.5) is 0 Å². The van der Waals surface area contributed by atoms with Gasteiger partial charge in [-0.1, -0.05) is 51.0 Å². The molecule has 3 heterocycles. The number of benzene rings is 2. The quantitative estimate of drug-likeness (QED) is 0.451. The van der Waals surface area contributed by atoms with Gasteiger partial charge in [-0.2, -0.15) is 0 Å². The summed E-state index contributed by atoms with van der Waals surface area (Å²) in [5.74, 6) is 0.634. The Kier molecular flexibility index (Phi) is 6.09. The second-order valence-corrected chi connectivity index (χ2v) is 9.91. The standard InChI is InChI=1S/C24H18BrClN2O5S/c1-3-31-23(30)20-12(2)27-24-28(21(20)13-4-6-15(25)7-5-13)22(29)19(34-24)9-14-8-17-18(10-16(14)26)33-11-32-17/h4-10,21H,3,11H2,1-2H3/b19-9+/t21-/m1/s1. The summed E-state index contributed by atoms with van der Waals surface area (Å²) < 4.78 is 19.0. The van der Waals surface area contributed by atoms with Gasteiger partial charge in [-0.05, 0) is 49.2 Å². The molecule has 0 radical (unpaired) electrons. The highest BCUT2D eigenvalue weighted by Crippen LogP contribution is 2.37. The molecule has 3 aromatic rings. The van der Waals surface area contributed by atoms with Crippen molar-refractivity contribution in [1.29, 1.82) is 0 Å². The first-order chi connectivity index (χ1) is 16.4. The van der Waals surface area contributed by atoms with Crippen molar-refractivity contribution in [3.63, 3.8) is 0 Å². The summed E-state index contributed by atoms with van der Waals surface area (Å²) in [4.78, 5) is 31.6. The van der Waals surface area contributed by atoms with Crippen LogP contribution in [-0.2, 0) is 9.53 Å². The molecular formula is C24H18BrClN2O5S. The number of rotatable bonds is 4. The molecule has 174 valence electrons. The van der Waals surface area contributed by atoms with Crippen molar-refractivity contribution in [1.82, 2.24) is 4.57 Å². The Morgan fingerprint density at radius 3 is 2.71 bits per heavy atom. The highest BCUT2D eigenvalue weighted by atomic mass is 79.9. The van der Waals surface area contributed by atoms with Gasteiger partial charge in [0.25, 0.3) is 5.56 Å². The van der Waals surface area contributed by atoms with Gasteiger partial charge in [0.15, 0.2) is 16.3 Å². The van der Waals surface area contributed by atoms with Crippen molar-refractivity contribution in [2.45, 2.75) is 19.9 Å². The first-order valence-corrected chi connectivity index (χ1v) is 12.4. The average molecular weight is 562 g/mol. The number of nitrogens with zero attached hydrogens (tertiary/aromatic N) is 2. The van der Waals surface area contributed by atoms with Crippen LogP contribution in [0.5, 0.6) is 11.5 Å². The van der Waals surface area contributed by atoms with Gasteiger partial charge in [0, 0.05) is 10.5 Å². The van der Waals surface area contributed by atoms with Gasteiger partial charge >= 0.3 is 5.97 Å². The number of hydrogen-bond donors (Lipinski definition) is 0. The zero-order valence-corrected chi connectivity index (χ0v) is 21.3. The molecule has 1 atom stereocenters. The Morgan fingerprint density at radius 1 is 1.29 bits per heavy atom. The highest BCUT2D eigenvalue weighted by Gasteiger charge is 2.33. The van der Waals surface area contributed by atoms with Gasteiger partial charge in [0.05, 0.1) is 33.5 Å². The normalized spacial score (nSPS) is 16.9. The minimum Gasteiger partial charge on any atom is -0.463 e. The molecule has 0 N–H and O–H groups in total. The van der Waals surface area contributed by atoms with E-state index in [1.54, 1.807) is 36.6 Å². The second-order valence-electron chi connectivity index (χ2n) is 7.58. The number of carbonyl (C=O) groups is 1. The molecule has 1 aromatic heterocycles. The lowest BCUT2D eigenvalue weighted by molar-refractivity contribution is -0.139. The largest absolute Gasteiger partial charge is 0.463 e. The molecule has 0 unspecified atom stereocenters. The maximum absolute atomic E-state index is 13.6. The third-order valence-corrected chi connectivity index (χ3v) is 7.32. The van der Waals surface area contributed by atoms with Crippen molar-refractivity contribution in [3.8, 4) is 11.5 Å². The number of thiazole rings is 1. The summed E-state index contributed by atoms with van der Waals surface area (Å²) in [5.41, 5.74) is 1.97. The van der Waals surface area contributed by atoms with Gasteiger partial charge in [0.1, 0.15) is 0 Å². The lowest BCUT2D eigenvalue weighted by atomic mass is 9.96. The van der Waals surface area contributed by atoms with Crippen molar-refractivity contribution >= 4 is 50.9 Å². The van der Waals surface area contributed by atoms with E-state index < -0.39 is 12.0 Å². The summed E-state index contributed by atoms with van der Waals surface area (Å²) in [6, 6.07) is 10.2. The number of halogens is 2. The topological polar surface area (TPSA) is 79.1 Å². The van der Waals surface area contributed by atoms with E-state index in [4.69, 9.17) is 25.8 Å². The minimum absolute atomic E-state index is 0.125. The summed E-state index contributed by atoms with van der Waals surface area (Å²) in [7, 11) is 0. The molecule has 0 aliphatic carbocycles. The van der Waals surface area contributed by atoms with Gasteiger partial charge in [-0.25, -0.2) is 9.79 Å². The van der Waals surface area contributed by atoms with Crippen LogP contribution in [0, 0.1) is 0 Å². The molecule has 5 rings (SSSR count). The molecular weight excluding hydrogens is 544 g/mol. The van der Waals surface area contributed by atoms with Crippen molar-refractivity contribution < 1.29 is 19.0 Å². The van der Waals surface area contributed by atoms with Crippen LogP contribution in [0.1, 0.15) is 31.0 Å². The Morgan fingerprint density at radius 2 is 2.00 bits per heavy atom. The van der Waals surface area contributed by atoms with E-state index in [0.29, 0.717) is 42.7 Å². The summed E-state index contributed by atoms with van der Waals surface area (Å²) >= 11 is 11.1. The first-order valence-electron chi connectivity index (χ1n) is 10.4. The Labute approximate surface area is 211 Å². The maximum atomic E-state index is 13.6. The van der Waals surface area contributed by atoms with Gasteiger partial charge in [-0.3, -0.25) is 9.36 Å². The van der Waals surface area contributed by atoms with Crippen LogP contribution in [0.15, 0.2) is 61.9 Å². The van der Waals surface area contributed by atoms with Crippen LogP contribution in [-0.4, -0.2) is 23.9 Å². The summed E-state index contributed by atoms with van der Waals surface area (Å²) in [6.45, 7) is 3.84. The molecule has 7 nitrogen and oxygen atoms in total. The number of carbonyl (C=O) groups excluding carboxylic acids is 1. The molecule has 0 amide bonds. The molecule has 0 bridgehead atoms. The second kappa shape index (κ2) is 9.05. The average Bonchev–Trinajstić information content (AvgIpc) is 3.37. The fraction of sp³-hybridized carbons (Fsp3) is 0.208. The number of allylic oxidation sites excluding steroid dienone is 1. The predicted octanol–water partition coefficient (Wildman–Crippen LogP) is 3.94. The third kappa shape index (κ3) is 3.97. The van der Waals surface area contributed by atoms with E-state index in [2.05, 4.69) is 20.9 Å². The Balaban J connectivity index is 1.71. The van der Waals surface area contributed by atoms with Crippen molar-refractivity contribution in [2.75, 3.05) is 13.4 Å². The van der Waals surface area contributed by atoms with E-state index in [-0.39, 0.29) is 19.0 Å². The van der Waals surface area contributed by atoms with E-state index >= 15 is 0 Å². The van der Waals surface area contributed by atoms with Gasteiger partial charge < -0.3 is 14.2 Å². The van der Waals surface area contributed by atoms with Crippen molar-refractivity contribution in [2.24, 2.45) is 4.99 Å². The maximum Gasteiger partial charge on any atom is 0.338 e. The number of aromatic nitrogens is 1. The number of hydrogen-bond acceptors (Lipinski definition) is 7. The summed E-state index contributed by atoms with van der Waals surface area (Å²) in [5, 5.41) is 0.433. The molecule has 0 saturated carbocycles. The first kappa shape index (κ1) is 22.9. The zero-order chi connectivity index (χ0) is 24.0. The predicted molar refractivity (Wildman–Crippen MR) is 132 cm³/mol. The fourth-order valence-corrected chi connectivity index (χ4v) is 5.45. The van der Waals surface area contributed by atoms with Crippen LogP contribution >= 0.6 is 38.9 Å².